The first-order chi connectivity index (χ1) is 11.4. The summed E-state index contributed by atoms with van der Waals surface area (Å²) in [5, 5.41) is 10.2. The Kier molecular flexibility index (Phi) is 3.95. The van der Waals surface area contributed by atoms with Crippen molar-refractivity contribution < 1.29 is 14.6 Å². The summed E-state index contributed by atoms with van der Waals surface area (Å²) in [6.07, 6.45) is 10.8. The SMILES string of the molecule is CC1[C@H]2CC[C@]3(CO)CCCC=C3[C@]2(C)CCC12O[C@H](C)[C@@H](C)O2. The zero-order valence-corrected chi connectivity index (χ0v) is 15.8. The molecule has 3 fully saturated rings. The largest absolute Gasteiger partial charge is 0.395 e. The Morgan fingerprint density at radius 2 is 1.79 bits per heavy atom. The Hall–Kier alpha value is -0.380. The first kappa shape index (κ1) is 17.1. The summed E-state index contributed by atoms with van der Waals surface area (Å²) in [6.45, 7) is 9.41. The highest BCUT2D eigenvalue weighted by Crippen LogP contribution is 2.65. The van der Waals surface area contributed by atoms with Crippen LogP contribution in [0.5, 0.6) is 0 Å². The van der Waals surface area contributed by atoms with Crippen molar-refractivity contribution in [1.29, 1.82) is 0 Å². The van der Waals surface area contributed by atoms with Crippen LogP contribution in [0, 0.1) is 22.7 Å². The van der Waals surface area contributed by atoms with Gasteiger partial charge in [0.2, 0.25) is 0 Å². The summed E-state index contributed by atoms with van der Waals surface area (Å²) in [7, 11) is 0. The maximum absolute atomic E-state index is 10.2. The second kappa shape index (κ2) is 5.56. The molecule has 4 rings (SSSR count). The predicted octanol–water partition coefficient (Wildman–Crippen LogP) is 4.44. The molecule has 3 heteroatoms. The van der Waals surface area contributed by atoms with Crippen LogP contribution < -0.4 is 0 Å². The molecule has 4 aliphatic rings. The van der Waals surface area contributed by atoms with Gasteiger partial charge in [-0.15, -0.1) is 0 Å². The third-order valence-corrected chi connectivity index (χ3v) is 8.17. The summed E-state index contributed by atoms with van der Waals surface area (Å²) in [6, 6.07) is 0. The second-order valence-corrected chi connectivity index (χ2v) is 9.26. The number of fused-ring (bicyclic) bond motifs is 3. The number of aliphatic hydroxyl groups is 1. The van der Waals surface area contributed by atoms with Crippen molar-refractivity contribution in [2.24, 2.45) is 22.7 Å². The lowest BCUT2D eigenvalue weighted by atomic mass is 9.46. The molecule has 1 aliphatic heterocycles. The summed E-state index contributed by atoms with van der Waals surface area (Å²) in [4.78, 5) is 0. The van der Waals surface area contributed by atoms with Crippen molar-refractivity contribution >= 4 is 0 Å². The van der Waals surface area contributed by atoms with Gasteiger partial charge >= 0.3 is 0 Å². The van der Waals surface area contributed by atoms with Gasteiger partial charge in [0.25, 0.3) is 0 Å². The summed E-state index contributed by atoms with van der Waals surface area (Å²) >= 11 is 0. The molecule has 1 spiro atoms. The fourth-order valence-electron chi connectivity index (χ4n) is 6.60. The van der Waals surface area contributed by atoms with Crippen molar-refractivity contribution in [2.75, 3.05) is 6.61 Å². The van der Waals surface area contributed by atoms with Gasteiger partial charge in [-0.05, 0) is 63.7 Å². The van der Waals surface area contributed by atoms with Gasteiger partial charge in [-0.3, -0.25) is 0 Å². The van der Waals surface area contributed by atoms with Crippen LogP contribution in [0.15, 0.2) is 11.6 Å². The number of allylic oxidation sites excluding steroid dienone is 1. The van der Waals surface area contributed by atoms with Crippen LogP contribution in [-0.2, 0) is 9.47 Å². The Morgan fingerprint density at radius 3 is 2.46 bits per heavy atom. The highest BCUT2D eigenvalue weighted by Gasteiger charge is 2.62. The van der Waals surface area contributed by atoms with Gasteiger partial charge in [0, 0.05) is 17.8 Å². The maximum Gasteiger partial charge on any atom is 0.172 e. The average Bonchev–Trinajstić information content (AvgIpc) is 2.87. The molecule has 6 atom stereocenters. The van der Waals surface area contributed by atoms with Gasteiger partial charge in [-0.1, -0.05) is 25.5 Å². The van der Waals surface area contributed by atoms with E-state index in [-0.39, 0.29) is 28.8 Å². The molecule has 0 aromatic carbocycles. The van der Waals surface area contributed by atoms with E-state index in [1.165, 1.54) is 19.3 Å². The fourth-order valence-corrected chi connectivity index (χ4v) is 6.60. The molecule has 1 heterocycles. The lowest BCUT2D eigenvalue weighted by Crippen LogP contribution is -2.57. The minimum absolute atomic E-state index is 0.0612. The van der Waals surface area contributed by atoms with E-state index >= 15 is 0 Å². The molecule has 0 radical (unpaired) electrons. The van der Waals surface area contributed by atoms with Crippen molar-refractivity contribution in [2.45, 2.75) is 90.6 Å². The second-order valence-electron chi connectivity index (χ2n) is 9.26. The minimum Gasteiger partial charge on any atom is -0.395 e. The average molecular weight is 335 g/mol. The highest BCUT2D eigenvalue weighted by atomic mass is 16.8. The van der Waals surface area contributed by atoms with Gasteiger partial charge in [-0.2, -0.15) is 0 Å². The van der Waals surface area contributed by atoms with E-state index in [2.05, 4.69) is 33.8 Å². The molecule has 1 N–H and O–H groups in total. The van der Waals surface area contributed by atoms with Crippen molar-refractivity contribution in [3.05, 3.63) is 11.6 Å². The van der Waals surface area contributed by atoms with Gasteiger partial charge in [0.05, 0.1) is 18.8 Å². The Balaban J connectivity index is 1.68. The topological polar surface area (TPSA) is 38.7 Å². The standard InChI is InChI=1S/C21H34O3/c1-14-17-8-10-20(13-22)9-6-5-7-18(20)19(17,4)11-12-21(14)23-15(2)16(3)24-21/h7,14-17,22H,5-6,8-13H2,1-4H3/t14?,15-,16-,17-,19-,20+/m1/s1. The molecule has 3 nitrogen and oxygen atoms in total. The van der Waals surface area contributed by atoms with Crippen LogP contribution in [-0.4, -0.2) is 29.7 Å². The van der Waals surface area contributed by atoms with Crippen LogP contribution in [0.2, 0.25) is 0 Å². The van der Waals surface area contributed by atoms with E-state index in [4.69, 9.17) is 9.47 Å². The maximum atomic E-state index is 10.2. The van der Waals surface area contributed by atoms with E-state index in [0.29, 0.717) is 18.4 Å². The lowest BCUT2D eigenvalue weighted by Gasteiger charge is -2.61. The normalized spacial score (nSPS) is 50.3. The van der Waals surface area contributed by atoms with E-state index in [1.54, 1.807) is 5.57 Å². The molecule has 3 aliphatic carbocycles. The van der Waals surface area contributed by atoms with Gasteiger partial charge in [0.15, 0.2) is 5.79 Å². The predicted molar refractivity (Wildman–Crippen MR) is 94.5 cm³/mol. The first-order valence-corrected chi connectivity index (χ1v) is 10.0. The third kappa shape index (κ3) is 2.13. The molecule has 1 unspecified atom stereocenters. The molecule has 136 valence electrons. The van der Waals surface area contributed by atoms with E-state index in [0.717, 1.165) is 25.7 Å². The first-order valence-electron chi connectivity index (χ1n) is 10.0. The molecular formula is C21H34O3. The molecule has 0 aromatic rings. The number of hydrogen-bond donors (Lipinski definition) is 1. The lowest BCUT2D eigenvalue weighted by molar-refractivity contribution is -0.255. The molecule has 24 heavy (non-hydrogen) atoms. The van der Waals surface area contributed by atoms with Gasteiger partial charge in [0.1, 0.15) is 0 Å². The Morgan fingerprint density at radius 1 is 1.08 bits per heavy atom. The van der Waals surface area contributed by atoms with E-state index < -0.39 is 0 Å². The third-order valence-electron chi connectivity index (χ3n) is 8.17. The van der Waals surface area contributed by atoms with Crippen LogP contribution in [0.1, 0.15) is 72.6 Å². The smallest absolute Gasteiger partial charge is 0.172 e. The van der Waals surface area contributed by atoms with E-state index in [9.17, 15) is 5.11 Å². The fraction of sp³-hybridized carbons (Fsp3) is 0.905. The molecular weight excluding hydrogens is 300 g/mol. The van der Waals surface area contributed by atoms with Crippen LogP contribution in [0.25, 0.3) is 0 Å². The number of aliphatic hydroxyl groups excluding tert-OH is 1. The van der Waals surface area contributed by atoms with Crippen LogP contribution in [0.4, 0.5) is 0 Å². The Bertz CT molecular complexity index is 531. The van der Waals surface area contributed by atoms with Crippen LogP contribution >= 0.6 is 0 Å². The van der Waals surface area contributed by atoms with Crippen molar-refractivity contribution in [3.8, 4) is 0 Å². The quantitative estimate of drug-likeness (QED) is 0.720. The Labute approximate surface area is 146 Å². The zero-order valence-electron chi connectivity index (χ0n) is 15.8. The van der Waals surface area contributed by atoms with Gasteiger partial charge < -0.3 is 14.6 Å². The summed E-state index contributed by atoms with van der Waals surface area (Å²) in [5.74, 6) is 0.619. The highest BCUT2D eigenvalue weighted by molar-refractivity contribution is 5.31. The molecule has 0 amide bonds. The zero-order chi connectivity index (χ0) is 17.2. The van der Waals surface area contributed by atoms with Crippen molar-refractivity contribution in [3.63, 3.8) is 0 Å². The number of ether oxygens (including phenoxy) is 2. The van der Waals surface area contributed by atoms with Crippen molar-refractivity contribution in [1.82, 2.24) is 0 Å². The molecule has 1 saturated heterocycles. The molecule has 2 saturated carbocycles. The summed E-state index contributed by atoms with van der Waals surface area (Å²) in [5.41, 5.74) is 1.83. The number of hydrogen-bond acceptors (Lipinski definition) is 3. The monoisotopic (exact) mass is 334 g/mol. The molecule has 0 aromatic heterocycles. The van der Waals surface area contributed by atoms with E-state index in [1.807, 2.05) is 0 Å². The van der Waals surface area contributed by atoms with Crippen LogP contribution in [0.3, 0.4) is 0 Å². The number of rotatable bonds is 1. The van der Waals surface area contributed by atoms with Gasteiger partial charge in [-0.25, -0.2) is 0 Å². The molecule has 0 bridgehead atoms. The minimum atomic E-state index is -0.378. The summed E-state index contributed by atoms with van der Waals surface area (Å²) < 4.78 is 12.8.